The Bertz CT molecular complexity index is 30.6. The van der Waals surface area contributed by atoms with Crippen LogP contribution in [0.1, 0.15) is 6.92 Å². The summed E-state index contributed by atoms with van der Waals surface area (Å²) in [6.07, 6.45) is 0. The molecule has 0 spiro atoms. The summed E-state index contributed by atoms with van der Waals surface area (Å²) >= 11 is 0. The Labute approximate surface area is 47.2 Å². The molecule has 0 aromatic rings. The first-order valence-corrected chi connectivity index (χ1v) is 0.908. The highest BCUT2D eigenvalue weighted by Gasteiger charge is 1.46. The third-order valence-electron chi connectivity index (χ3n) is 0. The maximum Gasteiger partial charge on any atom is 0.0383 e. The highest BCUT2D eigenvalue weighted by molar-refractivity contribution is 14.0. The molecule has 0 bridgehead atoms. The van der Waals surface area contributed by atoms with E-state index in [0.717, 1.165) is 6.92 Å². The maximum absolute atomic E-state index is 8.89. The van der Waals surface area contributed by atoms with Gasteiger partial charge in [0.25, 0.3) is 0 Å². The SMILES string of the molecule is CC(=O)[O-].I. The van der Waals surface area contributed by atoms with Crippen molar-refractivity contribution in [2.24, 2.45) is 0 Å². The van der Waals surface area contributed by atoms with E-state index in [4.69, 9.17) is 9.90 Å². The van der Waals surface area contributed by atoms with E-state index < -0.39 is 5.97 Å². The van der Waals surface area contributed by atoms with Crippen molar-refractivity contribution in [1.82, 2.24) is 0 Å². The fourth-order valence-corrected chi connectivity index (χ4v) is 0. The van der Waals surface area contributed by atoms with Crippen molar-refractivity contribution < 1.29 is 9.90 Å². The van der Waals surface area contributed by atoms with Crippen LogP contribution in [0.25, 0.3) is 0 Å². The number of carboxylic acids is 1. The van der Waals surface area contributed by atoms with E-state index in [2.05, 4.69) is 0 Å². The van der Waals surface area contributed by atoms with Crippen molar-refractivity contribution in [2.75, 3.05) is 0 Å². The number of hydrogen-bond donors (Lipinski definition) is 0. The first-order chi connectivity index (χ1) is 1.73. The molecule has 0 unspecified atom stereocenters. The molecular formula is C2H4IO2-. The molecule has 32 valence electrons. The monoisotopic (exact) mass is 187 g/mol. The molecule has 0 aliphatic rings. The number of carbonyl (C=O) groups is 1. The van der Waals surface area contributed by atoms with Crippen LogP contribution in [0, 0.1) is 0 Å². The van der Waals surface area contributed by atoms with E-state index in [1.165, 1.54) is 0 Å². The van der Waals surface area contributed by atoms with Gasteiger partial charge in [-0.15, -0.1) is 24.0 Å². The number of carbonyl (C=O) groups excluding carboxylic acids is 1. The average Bonchev–Trinajstić information content (AvgIpc) is 0.811. The Kier molecular flexibility index (Phi) is 7.52. The van der Waals surface area contributed by atoms with Gasteiger partial charge in [-0.3, -0.25) is 0 Å². The minimum Gasteiger partial charge on any atom is -0.550 e. The average molecular weight is 187 g/mol. The lowest BCUT2D eigenvalue weighted by atomic mass is 10.9. The van der Waals surface area contributed by atoms with Gasteiger partial charge < -0.3 is 9.90 Å². The number of rotatable bonds is 0. The highest BCUT2D eigenvalue weighted by atomic mass is 127. The zero-order chi connectivity index (χ0) is 3.58. The standard InChI is InChI=1S/C2H4O2.HI/c1-2(3)4;/h1H3,(H,3,4);1H/p-1. The number of hydrogen-bond acceptors (Lipinski definition) is 2. The van der Waals surface area contributed by atoms with Gasteiger partial charge in [0, 0.05) is 5.97 Å². The Morgan fingerprint density at radius 2 is 1.80 bits per heavy atom. The molecule has 0 saturated carbocycles. The molecule has 5 heavy (non-hydrogen) atoms. The normalized spacial score (nSPS) is 5.00. The summed E-state index contributed by atoms with van der Waals surface area (Å²) < 4.78 is 0. The van der Waals surface area contributed by atoms with Gasteiger partial charge >= 0.3 is 0 Å². The van der Waals surface area contributed by atoms with Crippen LogP contribution in [0.2, 0.25) is 0 Å². The third-order valence-corrected chi connectivity index (χ3v) is 0. The number of halogens is 1. The first kappa shape index (κ1) is 8.96. The Balaban J connectivity index is 0. The van der Waals surface area contributed by atoms with E-state index in [-0.39, 0.29) is 24.0 Å². The fourth-order valence-electron chi connectivity index (χ4n) is 0. The summed E-state index contributed by atoms with van der Waals surface area (Å²) in [6.45, 7) is 0.972. The summed E-state index contributed by atoms with van der Waals surface area (Å²) in [5, 5.41) is 8.89. The fraction of sp³-hybridized carbons (Fsp3) is 0.500. The quantitative estimate of drug-likeness (QED) is 0.474. The minimum atomic E-state index is -1.08. The summed E-state index contributed by atoms with van der Waals surface area (Å²) in [7, 11) is 0. The van der Waals surface area contributed by atoms with E-state index in [1.54, 1.807) is 0 Å². The molecule has 0 atom stereocenters. The predicted molar refractivity (Wildman–Crippen MR) is 26.1 cm³/mol. The third kappa shape index (κ3) is 508. The topological polar surface area (TPSA) is 40.1 Å². The molecule has 0 heterocycles. The second-order valence-corrected chi connectivity index (χ2v) is 0.492. The van der Waals surface area contributed by atoms with Gasteiger partial charge in [0.05, 0.1) is 0 Å². The molecule has 0 N–H and O–H groups in total. The van der Waals surface area contributed by atoms with Crippen molar-refractivity contribution in [3.63, 3.8) is 0 Å². The molecule has 0 aliphatic heterocycles. The van der Waals surface area contributed by atoms with Crippen molar-refractivity contribution >= 4 is 29.9 Å². The maximum atomic E-state index is 8.89. The van der Waals surface area contributed by atoms with Crippen LogP contribution in [-0.2, 0) is 4.79 Å². The second-order valence-electron chi connectivity index (χ2n) is 0.492. The summed E-state index contributed by atoms with van der Waals surface area (Å²) in [5.74, 6) is -1.08. The lowest BCUT2D eigenvalue weighted by Gasteiger charge is -1.77. The molecule has 0 rings (SSSR count). The lowest BCUT2D eigenvalue weighted by molar-refractivity contribution is -0.302. The predicted octanol–water partition coefficient (Wildman–Crippen LogP) is -0.626. The molecule has 0 aromatic heterocycles. The van der Waals surface area contributed by atoms with Crippen LogP contribution in [0.3, 0.4) is 0 Å². The van der Waals surface area contributed by atoms with Crippen molar-refractivity contribution in [1.29, 1.82) is 0 Å². The zero-order valence-corrected chi connectivity index (χ0v) is 5.06. The van der Waals surface area contributed by atoms with Gasteiger partial charge in [-0.2, -0.15) is 0 Å². The van der Waals surface area contributed by atoms with E-state index >= 15 is 0 Å². The van der Waals surface area contributed by atoms with Crippen LogP contribution in [-0.4, -0.2) is 5.97 Å². The molecule has 3 heteroatoms. The first-order valence-electron chi connectivity index (χ1n) is 0.908. The van der Waals surface area contributed by atoms with Gasteiger partial charge in [0.2, 0.25) is 0 Å². The number of aliphatic carboxylic acids is 1. The van der Waals surface area contributed by atoms with Crippen molar-refractivity contribution in [2.45, 2.75) is 6.92 Å². The Morgan fingerprint density at radius 3 is 1.80 bits per heavy atom. The van der Waals surface area contributed by atoms with Crippen LogP contribution in [0.5, 0.6) is 0 Å². The van der Waals surface area contributed by atoms with Gasteiger partial charge in [-0.1, -0.05) is 0 Å². The van der Waals surface area contributed by atoms with Crippen LogP contribution in [0.4, 0.5) is 0 Å². The van der Waals surface area contributed by atoms with Crippen molar-refractivity contribution in [3.8, 4) is 0 Å². The summed E-state index contributed by atoms with van der Waals surface area (Å²) in [6, 6.07) is 0. The zero-order valence-electron chi connectivity index (χ0n) is 2.72. The highest BCUT2D eigenvalue weighted by Crippen LogP contribution is 1.31. The van der Waals surface area contributed by atoms with Gasteiger partial charge in [0.15, 0.2) is 0 Å². The van der Waals surface area contributed by atoms with Gasteiger partial charge in [-0.25, -0.2) is 0 Å². The molecule has 0 fully saturated rings. The molecule has 0 radical (unpaired) electrons. The van der Waals surface area contributed by atoms with Crippen LogP contribution >= 0.6 is 24.0 Å². The Morgan fingerprint density at radius 1 is 1.80 bits per heavy atom. The summed E-state index contributed by atoms with van der Waals surface area (Å²) in [5.41, 5.74) is 0. The molecule has 0 amide bonds. The van der Waals surface area contributed by atoms with Crippen LogP contribution < -0.4 is 5.11 Å². The van der Waals surface area contributed by atoms with E-state index in [9.17, 15) is 0 Å². The van der Waals surface area contributed by atoms with Crippen LogP contribution in [0.15, 0.2) is 0 Å². The van der Waals surface area contributed by atoms with Gasteiger partial charge in [-0.05, 0) is 6.92 Å². The Hall–Kier alpha value is 0.200. The van der Waals surface area contributed by atoms with E-state index in [1.807, 2.05) is 0 Å². The molecular weight excluding hydrogens is 183 g/mol. The van der Waals surface area contributed by atoms with Crippen molar-refractivity contribution in [3.05, 3.63) is 0 Å². The minimum absolute atomic E-state index is 0. The lowest BCUT2D eigenvalue weighted by Crippen LogP contribution is -2.16. The largest absolute Gasteiger partial charge is 0.550 e. The summed E-state index contributed by atoms with van der Waals surface area (Å²) in [4.78, 5) is 8.89. The molecule has 0 saturated heterocycles. The number of carboxylic acid groups (broad SMARTS) is 1. The van der Waals surface area contributed by atoms with E-state index in [0.29, 0.717) is 0 Å². The molecule has 2 nitrogen and oxygen atoms in total. The van der Waals surface area contributed by atoms with Gasteiger partial charge in [0.1, 0.15) is 0 Å². The molecule has 0 aromatic carbocycles. The molecule has 0 aliphatic carbocycles. The smallest absolute Gasteiger partial charge is 0.0383 e. The second kappa shape index (κ2) is 4.20.